The maximum atomic E-state index is 12.8. The zero-order valence-electron chi connectivity index (χ0n) is 16.5. The van der Waals surface area contributed by atoms with E-state index in [0.717, 1.165) is 38.0 Å². The number of carbonyl (C=O) groups excluding carboxylic acids is 1. The van der Waals surface area contributed by atoms with Gasteiger partial charge in [-0.3, -0.25) is 4.79 Å². The number of unbranched alkanes of at least 4 members (excludes halogenated alkanes) is 1. The molecule has 0 saturated heterocycles. The van der Waals surface area contributed by atoms with Gasteiger partial charge in [0.1, 0.15) is 5.52 Å². The molecule has 0 radical (unpaired) electrons. The summed E-state index contributed by atoms with van der Waals surface area (Å²) < 4.78 is 11.2. The first-order chi connectivity index (χ1) is 13.6. The van der Waals surface area contributed by atoms with E-state index in [0.29, 0.717) is 40.8 Å². The Balaban J connectivity index is 1.44. The molecule has 148 valence electrons. The molecule has 7 nitrogen and oxygen atoms in total. The molecular formula is C21H26N4O3. The maximum absolute atomic E-state index is 12.8. The molecule has 1 aromatic carbocycles. The van der Waals surface area contributed by atoms with Crippen molar-refractivity contribution < 1.29 is 13.7 Å². The summed E-state index contributed by atoms with van der Waals surface area (Å²) >= 11 is 0. The highest BCUT2D eigenvalue weighted by molar-refractivity contribution is 5.96. The Labute approximate surface area is 164 Å². The van der Waals surface area contributed by atoms with Crippen molar-refractivity contribution >= 4 is 17.0 Å². The normalized spacial score (nSPS) is 14.8. The molecule has 0 spiro atoms. The molecule has 2 aromatic heterocycles. The number of rotatable bonds is 7. The molecule has 2 heterocycles. The summed E-state index contributed by atoms with van der Waals surface area (Å²) in [6.45, 7) is 2.45. The van der Waals surface area contributed by atoms with Gasteiger partial charge >= 0.3 is 0 Å². The Hall–Kier alpha value is -2.70. The number of carbonyl (C=O) groups is 1. The fourth-order valence-electron chi connectivity index (χ4n) is 3.72. The van der Waals surface area contributed by atoms with Gasteiger partial charge in [0, 0.05) is 24.9 Å². The number of benzene rings is 1. The molecular weight excluding hydrogens is 356 g/mol. The quantitative estimate of drug-likeness (QED) is 0.599. The van der Waals surface area contributed by atoms with Crippen molar-refractivity contribution in [3.63, 3.8) is 0 Å². The highest BCUT2D eigenvalue weighted by atomic mass is 16.5. The van der Waals surface area contributed by atoms with E-state index < -0.39 is 0 Å². The van der Waals surface area contributed by atoms with Gasteiger partial charge in [0.2, 0.25) is 5.89 Å². The lowest BCUT2D eigenvalue weighted by molar-refractivity contribution is 0.0780. The second kappa shape index (κ2) is 8.12. The van der Waals surface area contributed by atoms with Crippen LogP contribution in [0.4, 0.5) is 0 Å². The minimum atomic E-state index is -0.104. The maximum Gasteiger partial charge on any atom is 0.254 e. The predicted molar refractivity (Wildman–Crippen MR) is 104 cm³/mol. The van der Waals surface area contributed by atoms with Crippen molar-refractivity contribution in [1.82, 2.24) is 20.0 Å². The lowest BCUT2D eigenvalue weighted by atomic mass is 10.1. The summed E-state index contributed by atoms with van der Waals surface area (Å²) in [4.78, 5) is 23.4. The Morgan fingerprint density at radius 2 is 2.07 bits per heavy atom. The van der Waals surface area contributed by atoms with Gasteiger partial charge in [-0.25, -0.2) is 4.98 Å². The van der Waals surface area contributed by atoms with Crippen molar-refractivity contribution in [2.75, 3.05) is 7.05 Å². The summed E-state index contributed by atoms with van der Waals surface area (Å²) in [6.07, 6.45) is 7.58. The van der Waals surface area contributed by atoms with E-state index in [4.69, 9.17) is 8.94 Å². The van der Waals surface area contributed by atoms with Crippen LogP contribution in [0.15, 0.2) is 27.1 Å². The van der Waals surface area contributed by atoms with Gasteiger partial charge in [0.25, 0.3) is 5.91 Å². The lowest BCUT2D eigenvalue weighted by Crippen LogP contribution is -2.26. The molecule has 7 heteroatoms. The average molecular weight is 382 g/mol. The minimum absolute atomic E-state index is 0.104. The first kappa shape index (κ1) is 18.7. The van der Waals surface area contributed by atoms with Gasteiger partial charge < -0.3 is 13.8 Å². The van der Waals surface area contributed by atoms with E-state index in [9.17, 15) is 4.79 Å². The SMILES string of the molecule is CCCCc1nc2cc(C(=O)N(C)Cc3noc(C4CCCC4)n3)ccc2o1. The Kier molecular flexibility index (Phi) is 5.41. The van der Waals surface area contributed by atoms with Crippen LogP contribution < -0.4 is 0 Å². The number of aromatic nitrogens is 3. The lowest BCUT2D eigenvalue weighted by Gasteiger charge is -2.14. The van der Waals surface area contributed by atoms with Crippen LogP contribution in [0.3, 0.4) is 0 Å². The average Bonchev–Trinajstić information content (AvgIpc) is 3.44. The molecule has 0 N–H and O–H groups in total. The van der Waals surface area contributed by atoms with E-state index in [2.05, 4.69) is 22.0 Å². The van der Waals surface area contributed by atoms with Gasteiger partial charge in [0.15, 0.2) is 17.3 Å². The standard InChI is InChI=1S/C21H26N4O3/c1-3-4-9-19-22-16-12-15(10-11-17(16)27-19)21(26)25(2)13-18-23-20(28-24-18)14-7-5-6-8-14/h10-12,14H,3-9,13H2,1-2H3. The number of oxazole rings is 1. The second-order valence-corrected chi connectivity index (χ2v) is 7.59. The Morgan fingerprint density at radius 3 is 2.86 bits per heavy atom. The molecule has 1 saturated carbocycles. The third-order valence-electron chi connectivity index (χ3n) is 5.34. The Morgan fingerprint density at radius 1 is 1.25 bits per heavy atom. The van der Waals surface area contributed by atoms with Crippen LogP contribution >= 0.6 is 0 Å². The summed E-state index contributed by atoms with van der Waals surface area (Å²) in [7, 11) is 1.74. The van der Waals surface area contributed by atoms with Crippen LogP contribution in [0.2, 0.25) is 0 Å². The predicted octanol–water partition coefficient (Wildman–Crippen LogP) is 4.48. The van der Waals surface area contributed by atoms with Gasteiger partial charge in [-0.1, -0.05) is 31.3 Å². The van der Waals surface area contributed by atoms with Crippen LogP contribution in [0, 0.1) is 0 Å². The van der Waals surface area contributed by atoms with Crippen molar-refractivity contribution in [2.24, 2.45) is 0 Å². The second-order valence-electron chi connectivity index (χ2n) is 7.59. The molecule has 4 rings (SSSR count). The number of hydrogen-bond acceptors (Lipinski definition) is 6. The molecule has 3 aromatic rings. The molecule has 0 atom stereocenters. The third-order valence-corrected chi connectivity index (χ3v) is 5.34. The zero-order chi connectivity index (χ0) is 19.5. The molecule has 0 aliphatic heterocycles. The highest BCUT2D eigenvalue weighted by Crippen LogP contribution is 2.33. The van der Waals surface area contributed by atoms with E-state index in [1.165, 1.54) is 12.8 Å². The van der Waals surface area contributed by atoms with Gasteiger partial charge in [-0.15, -0.1) is 0 Å². The van der Waals surface area contributed by atoms with Crippen LogP contribution in [-0.2, 0) is 13.0 Å². The topological polar surface area (TPSA) is 85.3 Å². The van der Waals surface area contributed by atoms with E-state index in [1.54, 1.807) is 24.1 Å². The van der Waals surface area contributed by atoms with Crippen LogP contribution in [0.25, 0.3) is 11.1 Å². The summed E-state index contributed by atoms with van der Waals surface area (Å²) in [5, 5.41) is 4.05. The molecule has 1 aliphatic rings. The van der Waals surface area contributed by atoms with Gasteiger partial charge in [-0.2, -0.15) is 4.98 Å². The number of hydrogen-bond donors (Lipinski definition) is 0. The summed E-state index contributed by atoms with van der Waals surface area (Å²) in [6, 6.07) is 5.37. The molecule has 1 fully saturated rings. The van der Waals surface area contributed by atoms with Crippen LogP contribution in [0.1, 0.15) is 79.3 Å². The van der Waals surface area contributed by atoms with E-state index in [-0.39, 0.29) is 5.91 Å². The third kappa shape index (κ3) is 3.93. The van der Waals surface area contributed by atoms with E-state index >= 15 is 0 Å². The number of amides is 1. The number of fused-ring (bicyclic) bond motifs is 1. The van der Waals surface area contributed by atoms with Crippen molar-refractivity contribution in [1.29, 1.82) is 0 Å². The van der Waals surface area contributed by atoms with E-state index in [1.807, 2.05) is 6.07 Å². The molecule has 1 amide bonds. The Bertz CT molecular complexity index is 956. The van der Waals surface area contributed by atoms with Gasteiger partial charge in [0.05, 0.1) is 6.54 Å². The summed E-state index contributed by atoms with van der Waals surface area (Å²) in [5.41, 5.74) is 2.00. The molecule has 1 aliphatic carbocycles. The monoisotopic (exact) mass is 382 g/mol. The van der Waals surface area contributed by atoms with Gasteiger partial charge in [-0.05, 0) is 37.5 Å². The molecule has 0 bridgehead atoms. The summed E-state index contributed by atoms with van der Waals surface area (Å²) in [5.74, 6) is 2.24. The fourth-order valence-corrected chi connectivity index (χ4v) is 3.72. The first-order valence-corrected chi connectivity index (χ1v) is 10.1. The van der Waals surface area contributed by atoms with Crippen LogP contribution in [-0.4, -0.2) is 33.0 Å². The van der Waals surface area contributed by atoms with Crippen molar-refractivity contribution in [2.45, 2.75) is 64.3 Å². The number of nitrogens with zero attached hydrogens (tertiary/aromatic N) is 4. The smallest absolute Gasteiger partial charge is 0.254 e. The largest absolute Gasteiger partial charge is 0.441 e. The zero-order valence-corrected chi connectivity index (χ0v) is 16.5. The van der Waals surface area contributed by atoms with Crippen LogP contribution in [0.5, 0.6) is 0 Å². The first-order valence-electron chi connectivity index (χ1n) is 10.1. The molecule has 28 heavy (non-hydrogen) atoms. The fraction of sp³-hybridized carbons (Fsp3) is 0.524. The van der Waals surface area contributed by atoms with Crippen molar-refractivity contribution in [3.8, 4) is 0 Å². The molecule has 0 unspecified atom stereocenters. The minimum Gasteiger partial charge on any atom is -0.441 e. The number of aryl methyl sites for hydroxylation is 1. The van der Waals surface area contributed by atoms with Crippen molar-refractivity contribution in [3.05, 3.63) is 41.4 Å². The highest BCUT2D eigenvalue weighted by Gasteiger charge is 2.24.